The summed E-state index contributed by atoms with van der Waals surface area (Å²) in [4.78, 5) is 4.94. The summed E-state index contributed by atoms with van der Waals surface area (Å²) in [6, 6.07) is 60.4. The molecular weight excluding hydrogens is 713 g/mol. The number of rotatable bonds is 6. The maximum atomic E-state index is 2.51. The lowest BCUT2D eigenvalue weighted by Gasteiger charge is -2.33. The summed E-state index contributed by atoms with van der Waals surface area (Å²) in [6.45, 7) is 17.6. The second-order valence-electron chi connectivity index (χ2n) is 17.4. The van der Waals surface area contributed by atoms with E-state index >= 15 is 0 Å². The van der Waals surface area contributed by atoms with Crippen LogP contribution in [0.3, 0.4) is 0 Å². The van der Waals surface area contributed by atoms with E-state index in [1.165, 1.54) is 112 Å². The van der Waals surface area contributed by atoms with Crippen molar-refractivity contribution in [2.24, 2.45) is 0 Å². The summed E-state index contributed by atoms with van der Waals surface area (Å²) in [6.07, 6.45) is 0. The fraction of sp³-hybridized carbons (Fsp3) is 0.158. The molecule has 0 amide bonds. The molecule has 1 spiro atoms. The average Bonchev–Trinajstić information content (AvgIpc) is 3.63. The summed E-state index contributed by atoms with van der Waals surface area (Å²) in [5, 5.41) is 0. The van der Waals surface area contributed by atoms with Crippen molar-refractivity contribution in [3.05, 3.63) is 224 Å². The van der Waals surface area contributed by atoms with E-state index in [0.29, 0.717) is 0 Å². The zero-order chi connectivity index (χ0) is 40.7. The van der Waals surface area contributed by atoms with Crippen LogP contribution in [0.25, 0.3) is 22.3 Å². The predicted molar refractivity (Wildman–Crippen MR) is 250 cm³/mol. The lowest BCUT2D eigenvalue weighted by Crippen LogP contribution is -2.26. The van der Waals surface area contributed by atoms with Gasteiger partial charge in [-0.15, -0.1) is 0 Å². The van der Waals surface area contributed by atoms with Gasteiger partial charge in [0, 0.05) is 34.1 Å². The third-order valence-electron chi connectivity index (χ3n) is 12.4. The van der Waals surface area contributed by atoms with E-state index in [2.05, 4.69) is 223 Å². The summed E-state index contributed by atoms with van der Waals surface area (Å²) >= 11 is 0. The van der Waals surface area contributed by atoms with Gasteiger partial charge in [-0.2, -0.15) is 0 Å². The number of aryl methyl sites for hydroxylation is 8. The molecule has 8 aromatic rings. The minimum Gasteiger partial charge on any atom is -0.310 e. The van der Waals surface area contributed by atoms with Crippen LogP contribution in [0.1, 0.15) is 66.8 Å². The van der Waals surface area contributed by atoms with Crippen molar-refractivity contribution >= 4 is 34.1 Å². The van der Waals surface area contributed by atoms with Gasteiger partial charge >= 0.3 is 0 Å². The molecule has 288 valence electrons. The average molecular weight is 763 g/mol. The Morgan fingerprint density at radius 3 is 0.831 bits per heavy atom. The first-order chi connectivity index (χ1) is 28.5. The molecule has 0 saturated heterocycles. The van der Waals surface area contributed by atoms with E-state index in [1.54, 1.807) is 0 Å². The lowest BCUT2D eigenvalue weighted by atomic mass is 9.70. The Kier molecular flexibility index (Phi) is 8.54. The van der Waals surface area contributed by atoms with Crippen molar-refractivity contribution in [2.45, 2.75) is 60.8 Å². The molecule has 0 atom stereocenters. The van der Waals surface area contributed by atoms with Crippen LogP contribution in [0, 0.1) is 55.4 Å². The normalized spacial score (nSPS) is 12.9. The van der Waals surface area contributed by atoms with Crippen LogP contribution in [0.15, 0.2) is 158 Å². The van der Waals surface area contributed by atoms with Gasteiger partial charge in [0.15, 0.2) is 0 Å². The quantitative estimate of drug-likeness (QED) is 0.166. The van der Waals surface area contributed by atoms with Crippen molar-refractivity contribution in [1.29, 1.82) is 0 Å². The molecule has 2 aliphatic carbocycles. The molecule has 2 nitrogen and oxygen atoms in total. The highest BCUT2D eigenvalue weighted by Gasteiger charge is 2.52. The Bertz CT molecular complexity index is 2610. The van der Waals surface area contributed by atoms with Crippen LogP contribution in [-0.2, 0) is 5.41 Å². The largest absolute Gasteiger partial charge is 0.310 e. The first-order valence-corrected chi connectivity index (χ1v) is 20.9. The second kappa shape index (κ2) is 13.7. The Hall–Kier alpha value is -6.64. The van der Waals surface area contributed by atoms with Crippen molar-refractivity contribution in [2.75, 3.05) is 9.80 Å². The van der Waals surface area contributed by atoms with Crippen LogP contribution in [0.4, 0.5) is 34.1 Å². The van der Waals surface area contributed by atoms with E-state index in [9.17, 15) is 0 Å². The molecule has 59 heavy (non-hydrogen) atoms. The van der Waals surface area contributed by atoms with Gasteiger partial charge in [0.2, 0.25) is 0 Å². The molecule has 2 aliphatic rings. The smallest absolute Gasteiger partial charge is 0.0727 e. The van der Waals surface area contributed by atoms with Gasteiger partial charge in [0.25, 0.3) is 0 Å². The van der Waals surface area contributed by atoms with E-state index in [1.807, 2.05) is 0 Å². The number of hydrogen-bond donors (Lipinski definition) is 0. The van der Waals surface area contributed by atoms with Gasteiger partial charge in [0.05, 0.1) is 5.41 Å². The molecule has 0 fully saturated rings. The Morgan fingerprint density at radius 1 is 0.254 bits per heavy atom. The zero-order valence-corrected chi connectivity index (χ0v) is 35.4. The first kappa shape index (κ1) is 36.7. The molecular formula is C57H50N2. The van der Waals surface area contributed by atoms with E-state index in [-0.39, 0.29) is 0 Å². The molecule has 0 radical (unpaired) electrons. The van der Waals surface area contributed by atoms with Crippen molar-refractivity contribution < 1.29 is 0 Å². The van der Waals surface area contributed by atoms with Crippen molar-refractivity contribution in [1.82, 2.24) is 0 Å². The van der Waals surface area contributed by atoms with Crippen LogP contribution in [-0.4, -0.2) is 0 Å². The fourth-order valence-corrected chi connectivity index (χ4v) is 10.6. The van der Waals surface area contributed by atoms with E-state index in [0.717, 1.165) is 11.4 Å². The standard InChI is InChI=1S/C57H50N2/c1-35-21-36(2)26-45(25-35)58(46-27-37(3)22-38(4)28-46)43-17-19-51-52-20-18-44(59(47-29-39(5)23-40(6)30-47)48-31-41(7)24-42(8)32-48)34-56(52)57(55(51)33-43)53-15-11-9-13-49(53)50-14-10-12-16-54(50)57/h9-34H,1-8H3. The zero-order valence-electron chi connectivity index (χ0n) is 35.4. The Morgan fingerprint density at radius 2 is 0.525 bits per heavy atom. The second-order valence-corrected chi connectivity index (χ2v) is 17.4. The maximum absolute atomic E-state index is 2.51. The van der Waals surface area contributed by atoms with Crippen LogP contribution in [0.5, 0.6) is 0 Å². The van der Waals surface area contributed by atoms with Crippen molar-refractivity contribution in [3.63, 3.8) is 0 Å². The highest BCUT2D eigenvalue weighted by Crippen LogP contribution is 2.64. The number of anilines is 6. The minimum absolute atomic E-state index is 0.530. The molecule has 10 rings (SSSR count). The molecule has 0 bridgehead atoms. The van der Waals surface area contributed by atoms with E-state index < -0.39 is 5.41 Å². The summed E-state index contributed by atoms with van der Waals surface area (Å²) < 4.78 is 0. The van der Waals surface area contributed by atoms with Gasteiger partial charge in [0.1, 0.15) is 0 Å². The number of nitrogens with zero attached hydrogens (tertiary/aromatic N) is 2. The molecule has 0 unspecified atom stereocenters. The molecule has 0 N–H and O–H groups in total. The van der Waals surface area contributed by atoms with Crippen molar-refractivity contribution in [3.8, 4) is 22.3 Å². The fourth-order valence-electron chi connectivity index (χ4n) is 10.6. The number of fused-ring (bicyclic) bond motifs is 10. The van der Waals surface area contributed by atoms with Gasteiger partial charge < -0.3 is 9.80 Å². The lowest BCUT2D eigenvalue weighted by molar-refractivity contribution is 0.793. The van der Waals surface area contributed by atoms with Gasteiger partial charge in [-0.1, -0.05) is 84.9 Å². The Balaban J connectivity index is 1.27. The third kappa shape index (κ3) is 5.92. The topological polar surface area (TPSA) is 6.48 Å². The predicted octanol–water partition coefficient (Wildman–Crippen LogP) is 15.4. The highest BCUT2D eigenvalue weighted by molar-refractivity contribution is 5.97. The molecule has 0 aromatic heterocycles. The Labute approximate surface area is 350 Å². The van der Waals surface area contributed by atoms with Crippen LogP contribution < -0.4 is 9.80 Å². The SMILES string of the molecule is Cc1cc(C)cc(N(c2cc(C)cc(C)c2)c2ccc3c(c2)C2(c4ccccc4-c4ccccc42)c2cc(N(c4cc(C)cc(C)c4)c4cc(C)cc(C)c4)ccc2-3)c1. The number of hydrogen-bond acceptors (Lipinski definition) is 2. The monoisotopic (exact) mass is 762 g/mol. The van der Waals surface area contributed by atoms with E-state index in [4.69, 9.17) is 0 Å². The molecule has 8 aromatic carbocycles. The van der Waals surface area contributed by atoms with Crippen LogP contribution in [0.2, 0.25) is 0 Å². The van der Waals surface area contributed by atoms with Gasteiger partial charge in [-0.3, -0.25) is 0 Å². The summed E-state index contributed by atoms with van der Waals surface area (Å²) in [5.41, 5.74) is 27.0. The first-order valence-electron chi connectivity index (χ1n) is 20.9. The van der Waals surface area contributed by atoms with Crippen LogP contribution >= 0.6 is 0 Å². The molecule has 2 heteroatoms. The molecule has 0 heterocycles. The minimum atomic E-state index is -0.530. The van der Waals surface area contributed by atoms with Gasteiger partial charge in [-0.05, 0) is 217 Å². The van der Waals surface area contributed by atoms with Gasteiger partial charge in [-0.25, -0.2) is 0 Å². The molecule has 0 aliphatic heterocycles. The highest BCUT2D eigenvalue weighted by atomic mass is 15.1. The number of benzene rings is 8. The maximum Gasteiger partial charge on any atom is 0.0727 e. The summed E-state index contributed by atoms with van der Waals surface area (Å²) in [7, 11) is 0. The third-order valence-corrected chi connectivity index (χ3v) is 12.4. The summed E-state index contributed by atoms with van der Waals surface area (Å²) in [5.74, 6) is 0. The molecule has 0 saturated carbocycles.